The van der Waals surface area contributed by atoms with E-state index >= 15 is 0 Å². The number of nitrogens with one attached hydrogen (secondary N) is 1. The molecule has 0 atom stereocenters. The standard InChI is InChI=1S/C15H20BrClN2/c16-13-1-2-14(17)12(9-13)10-19-8-5-15(11-19)3-6-18-7-4-15/h1-2,9,18H,3-8,10-11H2. The fourth-order valence-electron chi connectivity index (χ4n) is 3.43. The van der Waals surface area contributed by atoms with E-state index in [1.165, 1.54) is 51.0 Å². The van der Waals surface area contributed by atoms with Gasteiger partial charge in [-0.1, -0.05) is 27.5 Å². The number of hydrogen-bond donors (Lipinski definition) is 1. The third-order valence-corrected chi connectivity index (χ3v) is 5.45. The van der Waals surface area contributed by atoms with Gasteiger partial charge in [0.1, 0.15) is 0 Å². The molecular weight excluding hydrogens is 324 g/mol. The van der Waals surface area contributed by atoms with Crippen LogP contribution in [0.2, 0.25) is 5.02 Å². The molecule has 2 fully saturated rings. The third-order valence-electron chi connectivity index (χ3n) is 4.58. The van der Waals surface area contributed by atoms with Crippen molar-refractivity contribution in [1.29, 1.82) is 0 Å². The molecule has 0 amide bonds. The summed E-state index contributed by atoms with van der Waals surface area (Å²) in [6.07, 6.45) is 4.01. The van der Waals surface area contributed by atoms with Crippen molar-refractivity contribution in [2.45, 2.75) is 25.8 Å². The van der Waals surface area contributed by atoms with Gasteiger partial charge in [0.15, 0.2) is 0 Å². The van der Waals surface area contributed by atoms with Crippen molar-refractivity contribution in [3.63, 3.8) is 0 Å². The topological polar surface area (TPSA) is 15.3 Å². The first-order chi connectivity index (χ1) is 9.17. The molecule has 1 aromatic rings. The van der Waals surface area contributed by atoms with Gasteiger partial charge in [0.25, 0.3) is 0 Å². The molecule has 4 heteroatoms. The van der Waals surface area contributed by atoms with Crippen molar-refractivity contribution >= 4 is 27.5 Å². The zero-order chi connectivity index (χ0) is 13.3. The number of halogens is 2. The number of hydrogen-bond acceptors (Lipinski definition) is 2. The van der Waals surface area contributed by atoms with Gasteiger partial charge in [0, 0.05) is 22.6 Å². The SMILES string of the molecule is Clc1ccc(Br)cc1CN1CCC2(CCNCC2)C1. The van der Waals surface area contributed by atoms with E-state index in [0.29, 0.717) is 5.41 Å². The Balaban J connectivity index is 1.66. The molecule has 0 aliphatic carbocycles. The lowest BCUT2D eigenvalue weighted by atomic mass is 9.78. The maximum atomic E-state index is 6.29. The largest absolute Gasteiger partial charge is 0.317 e. The first-order valence-electron chi connectivity index (χ1n) is 7.04. The van der Waals surface area contributed by atoms with Gasteiger partial charge in [-0.05, 0) is 68.1 Å². The van der Waals surface area contributed by atoms with E-state index in [0.717, 1.165) is 16.0 Å². The van der Waals surface area contributed by atoms with Gasteiger partial charge in [-0.15, -0.1) is 0 Å². The highest BCUT2D eigenvalue weighted by atomic mass is 79.9. The summed E-state index contributed by atoms with van der Waals surface area (Å²) in [6, 6.07) is 6.14. The fraction of sp³-hybridized carbons (Fsp3) is 0.600. The fourth-order valence-corrected chi connectivity index (χ4v) is 4.02. The van der Waals surface area contributed by atoms with Crippen LogP contribution in [0.25, 0.3) is 0 Å². The summed E-state index contributed by atoms with van der Waals surface area (Å²) < 4.78 is 1.11. The van der Waals surface area contributed by atoms with Gasteiger partial charge in [-0.25, -0.2) is 0 Å². The molecule has 0 aromatic heterocycles. The van der Waals surface area contributed by atoms with Gasteiger partial charge < -0.3 is 5.32 Å². The Kier molecular flexibility index (Phi) is 4.18. The second-order valence-electron chi connectivity index (χ2n) is 5.95. The second kappa shape index (κ2) is 5.72. The van der Waals surface area contributed by atoms with Crippen LogP contribution in [0.15, 0.2) is 22.7 Å². The van der Waals surface area contributed by atoms with Crippen molar-refractivity contribution in [3.8, 4) is 0 Å². The Labute approximate surface area is 128 Å². The molecule has 3 rings (SSSR count). The lowest BCUT2D eigenvalue weighted by Crippen LogP contribution is -2.38. The Morgan fingerprint density at radius 3 is 2.84 bits per heavy atom. The third kappa shape index (κ3) is 3.15. The number of nitrogens with zero attached hydrogens (tertiary/aromatic N) is 1. The van der Waals surface area contributed by atoms with Crippen LogP contribution < -0.4 is 5.32 Å². The predicted molar refractivity (Wildman–Crippen MR) is 83.6 cm³/mol. The van der Waals surface area contributed by atoms with Crippen molar-refractivity contribution in [1.82, 2.24) is 10.2 Å². The van der Waals surface area contributed by atoms with Gasteiger partial charge in [0.2, 0.25) is 0 Å². The van der Waals surface area contributed by atoms with Crippen molar-refractivity contribution < 1.29 is 0 Å². The minimum Gasteiger partial charge on any atom is -0.317 e. The van der Waals surface area contributed by atoms with Crippen LogP contribution in [0.5, 0.6) is 0 Å². The van der Waals surface area contributed by atoms with Crippen LogP contribution in [0.4, 0.5) is 0 Å². The monoisotopic (exact) mass is 342 g/mol. The molecule has 0 unspecified atom stereocenters. The molecule has 2 saturated heterocycles. The lowest BCUT2D eigenvalue weighted by Gasteiger charge is -2.34. The van der Waals surface area contributed by atoms with E-state index in [-0.39, 0.29) is 0 Å². The van der Waals surface area contributed by atoms with E-state index in [1.54, 1.807) is 0 Å². The molecule has 1 spiro atoms. The summed E-state index contributed by atoms with van der Waals surface area (Å²) in [5.74, 6) is 0. The summed E-state index contributed by atoms with van der Waals surface area (Å²) in [5, 5.41) is 4.35. The van der Waals surface area contributed by atoms with E-state index in [2.05, 4.69) is 32.2 Å². The highest BCUT2D eigenvalue weighted by Gasteiger charge is 2.38. The van der Waals surface area contributed by atoms with E-state index in [1.807, 2.05) is 12.1 Å². The number of rotatable bonds is 2. The van der Waals surface area contributed by atoms with E-state index in [4.69, 9.17) is 11.6 Å². The first-order valence-corrected chi connectivity index (χ1v) is 8.21. The van der Waals surface area contributed by atoms with Gasteiger partial charge >= 0.3 is 0 Å². The Hall–Kier alpha value is -0.0900. The summed E-state index contributed by atoms with van der Waals surface area (Å²) in [6.45, 7) is 5.80. The number of piperidine rings is 1. The van der Waals surface area contributed by atoms with Crippen LogP contribution in [-0.4, -0.2) is 31.1 Å². The summed E-state index contributed by atoms with van der Waals surface area (Å²) in [5.41, 5.74) is 1.81. The van der Waals surface area contributed by atoms with Gasteiger partial charge in [-0.2, -0.15) is 0 Å². The van der Waals surface area contributed by atoms with Gasteiger partial charge in [-0.3, -0.25) is 4.90 Å². The molecule has 0 saturated carbocycles. The number of likely N-dealkylation sites (tertiary alicyclic amines) is 1. The average Bonchev–Trinajstić information content (AvgIpc) is 2.78. The summed E-state index contributed by atoms with van der Waals surface area (Å²) >= 11 is 9.82. The van der Waals surface area contributed by atoms with Crippen LogP contribution in [0.3, 0.4) is 0 Å². The highest BCUT2D eigenvalue weighted by Crippen LogP contribution is 2.39. The van der Waals surface area contributed by atoms with Crippen molar-refractivity contribution in [3.05, 3.63) is 33.3 Å². The quantitative estimate of drug-likeness (QED) is 0.881. The molecule has 2 heterocycles. The molecule has 104 valence electrons. The summed E-state index contributed by atoms with van der Waals surface area (Å²) in [4.78, 5) is 2.57. The minimum atomic E-state index is 0.573. The zero-order valence-electron chi connectivity index (χ0n) is 11.1. The van der Waals surface area contributed by atoms with E-state index < -0.39 is 0 Å². The van der Waals surface area contributed by atoms with Crippen LogP contribution >= 0.6 is 27.5 Å². The molecular formula is C15H20BrClN2. The zero-order valence-corrected chi connectivity index (χ0v) is 13.4. The van der Waals surface area contributed by atoms with E-state index in [9.17, 15) is 0 Å². The van der Waals surface area contributed by atoms with Gasteiger partial charge in [0.05, 0.1) is 0 Å². The first kappa shape index (κ1) is 13.9. The molecule has 1 aromatic carbocycles. The molecule has 1 N–H and O–H groups in total. The average molecular weight is 344 g/mol. The Bertz CT molecular complexity index is 457. The summed E-state index contributed by atoms with van der Waals surface area (Å²) in [7, 11) is 0. The smallest absolute Gasteiger partial charge is 0.0451 e. The molecule has 19 heavy (non-hydrogen) atoms. The van der Waals surface area contributed by atoms with Crippen LogP contribution in [0, 0.1) is 5.41 Å². The molecule has 2 nitrogen and oxygen atoms in total. The lowest BCUT2D eigenvalue weighted by molar-refractivity contribution is 0.194. The number of benzene rings is 1. The Morgan fingerprint density at radius 1 is 1.26 bits per heavy atom. The van der Waals surface area contributed by atoms with Crippen LogP contribution in [-0.2, 0) is 6.54 Å². The molecule has 2 aliphatic rings. The maximum absolute atomic E-state index is 6.29. The maximum Gasteiger partial charge on any atom is 0.0451 e. The second-order valence-corrected chi connectivity index (χ2v) is 7.27. The van der Waals surface area contributed by atoms with Crippen molar-refractivity contribution in [2.75, 3.05) is 26.2 Å². The Morgan fingerprint density at radius 2 is 2.05 bits per heavy atom. The highest BCUT2D eigenvalue weighted by molar-refractivity contribution is 9.10. The molecule has 2 aliphatic heterocycles. The van der Waals surface area contributed by atoms with Crippen molar-refractivity contribution in [2.24, 2.45) is 5.41 Å². The molecule has 0 radical (unpaired) electrons. The normalized spacial score (nSPS) is 23.1. The minimum absolute atomic E-state index is 0.573. The predicted octanol–water partition coefficient (Wildman–Crippen LogP) is 3.68. The van der Waals surface area contributed by atoms with Crippen LogP contribution in [0.1, 0.15) is 24.8 Å². The molecule has 0 bridgehead atoms.